The van der Waals surface area contributed by atoms with Crippen LogP contribution >= 0.6 is 0 Å². The first kappa shape index (κ1) is 16.6. The van der Waals surface area contributed by atoms with Crippen molar-refractivity contribution in [3.05, 3.63) is 53.7 Å². The molecule has 6 nitrogen and oxygen atoms in total. The van der Waals surface area contributed by atoms with E-state index in [2.05, 4.69) is 39.0 Å². The standard InChI is InChI=1S/C21H25N5O/c22-20-19-18(17-11-15-3-1-2-4-16(15)24-17)25-21(26(19)10-9-23-20)14-7-5-13(12-27)6-8-14/h1-4,9-10,13-14,17,24,27H,5-8,11-12H2,(H2,22,23). The summed E-state index contributed by atoms with van der Waals surface area (Å²) in [6.07, 6.45) is 8.88. The number of benzene rings is 1. The van der Waals surface area contributed by atoms with Crippen LogP contribution in [0.5, 0.6) is 0 Å². The summed E-state index contributed by atoms with van der Waals surface area (Å²) in [4.78, 5) is 9.44. The molecule has 2 aromatic heterocycles. The topological polar surface area (TPSA) is 88.5 Å². The number of imidazole rings is 1. The summed E-state index contributed by atoms with van der Waals surface area (Å²) in [5, 5.41) is 13.0. The van der Waals surface area contributed by atoms with E-state index in [0.717, 1.165) is 49.1 Å². The minimum Gasteiger partial charge on any atom is -0.396 e. The van der Waals surface area contributed by atoms with Crippen molar-refractivity contribution in [2.24, 2.45) is 5.92 Å². The van der Waals surface area contributed by atoms with Gasteiger partial charge >= 0.3 is 0 Å². The highest BCUT2D eigenvalue weighted by Gasteiger charge is 2.31. The molecule has 1 aliphatic heterocycles. The molecule has 0 saturated heterocycles. The van der Waals surface area contributed by atoms with Crippen molar-refractivity contribution in [1.82, 2.24) is 14.4 Å². The maximum atomic E-state index is 9.44. The Kier molecular flexibility index (Phi) is 4.01. The Morgan fingerprint density at radius 1 is 1.19 bits per heavy atom. The first-order valence-electron chi connectivity index (χ1n) is 9.82. The van der Waals surface area contributed by atoms with E-state index in [0.29, 0.717) is 24.3 Å². The zero-order valence-corrected chi connectivity index (χ0v) is 15.3. The van der Waals surface area contributed by atoms with Gasteiger partial charge in [-0.15, -0.1) is 0 Å². The third kappa shape index (κ3) is 2.75. The molecule has 3 heterocycles. The highest BCUT2D eigenvalue weighted by molar-refractivity contribution is 5.72. The van der Waals surface area contributed by atoms with Crippen LogP contribution in [0.2, 0.25) is 0 Å². The Morgan fingerprint density at radius 3 is 2.78 bits per heavy atom. The number of aromatic nitrogens is 3. The molecule has 6 heteroatoms. The monoisotopic (exact) mass is 363 g/mol. The summed E-state index contributed by atoms with van der Waals surface area (Å²) >= 11 is 0. The van der Waals surface area contributed by atoms with E-state index in [9.17, 15) is 5.11 Å². The molecule has 1 atom stereocenters. The summed E-state index contributed by atoms with van der Waals surface area (Å²) in [5.41, 5.74) is 10.7. The number of nitrogens with two attached hydrogens (primary N) is 1. The van der Waals surface area contributed by atoms with Crippen LogP contribution in [-0.2, 0) is 6.42 Å². The Labute approximate surface area is 158 Å². The lowest BCUT2D eigenvalue weighted by Gasteiger charge is -2.26. The first-order valence-corrected chi connectivity index (χ1v) is 9.82. The average Bonchev–Trinajstić information content (AvgIpc) is 3.30. The fourth-order valence-corrected chi connectivity index (χ4v) is 4.71. The predicted molar refractivity (Wildman–Crippen MR) is 106 cm³/mol. The van der Waals surface area contributed by atoms with E-state index < -0.39 is 0 Å². The van der Waals surface area contributed by atoms with Crippen molar-refractivity contribution in [2.75, 3.05) is 17.7 Å². The number of aliphatic hydroxyl groups is 1. The molecule has 0 bridgehead atoms. The van der Waals surface area contributed by atoms with Crippen molar-refractivity contribution in [3.63, 3.8) is 0 Å². The number of hydrogen-bond donors (Lipinski definition) is 3. The fourth-order valence-electron chi connectivity index (χ4n) is 4.71. The fraction of sp³-hybridized carbons (Fsp3) is 0.429. The van der Waals surface area contributed by atoms with Gasteiger partial charge in [0.15, 0.2) is 0 Å². The van der Waals surface area contributed by atoms with Gasteiger partial charge < -0.3 is 16.2 Å². The second kappa shape index (κ2) is 6.53. The number of nitrogens with zero attached hydrogens (tertiary/aromatic N) is 3. The van der Waals surface area contributed by atoms with Crippen molar-refractivity contribution in [2.45, 2.75) is 44.1 Å². The molecule has 140 valence electrons. The smallest absolute Gasteiger partial charge is 0.149 e. The van der Waals surface area contributed by atoms with Crippen molar-refractivity contribution >= 4 is 17.0 Å². The van der Waals surface area contributed by atoms with Crippen LogP contribution in [0, 0.1) is 5.92 Å². The van der Waals surface area contributed by atoms with Gasteiger partial charge in [-0.05, 0) is 43.2 Å². The van der Waals surface area contributed by atoms with Crippen LogP contribution in [0.1, 0.15) is 54.7 Å². The number of para-hydroxylation sites is 1. The third-order valence-electron chi connectivity index (χ3n) is 6.21. The average molecular weight is 363 g/mol. The predicted octanol–water partition coefficient (Wildman–Crippen LogP) is 3.29. The lowest BCUT2D eigenvalue weighted by atomic mass is 9.82. The highest BCUT2D eigenvalue weighted by atomic mass is 16.3. The summed E-state index contributed by atoms with van der Waals surface area (Å²) in [7, 11) is 0. The van der Waals surface area contributed by atoms with E-state index in [1.54, 1.807) is 6.20 Å². The number of fused-ring (bicyclic) bond motifs is 2. The Hall–Kier alpha value is -2.60. The Morgan fingerprint density at radius 2 is 2.00 bits per heavy atom. The van der Waals surface area contributed by atoms with Gasteiger partial charge in [-0.1, -0.05) is 18.2 Å². The molecule has 27 heavy (non-hydrogen) atoms. The van der Waals surface area contributed by atoms with Gasteiger partial charge in [0.1, 0.15) is 17.2 Å². The van der Waals surface area contributed by atoms with Crippen molar-refractivity contribution < 1.29 is 5.11 Å². The maximum Gasteiger partial charge on any atom is 0.149 e. The molecule has 0 radical (unpaired) electrons. The molecular weight excluding hydrogens is 338 g/mol. The molecule has 3 aromatic rings. The second-order valence-electron chi connectivity index (χ2n) is 7.84. The van der Waals surface area contributed by atoms with Gasteiger partial charge in [0.2, 0.25) is 0 Å². The number of nitrogens with one attached hydrogen (secondary N) is 1. The Balaban J connectivity index is 1.54. The van der Waals surface area contributed by atoms with Crippen LogP contribution < -0.4 is 11.1 Å². The van der Waals surface area contributed by atoms with Crippen LogP contribution in [0.15, 0.2) is 36.7 Å². The van der Waals surface area contributed by atoms with Crippen LogP contribution in [0.4, 0.5) is 11.5 Å². The summed E-state index contributed by atoms with van der Waals surface area (Å²) in [6.45, 7) is 0.293. The van der Waals surface area contributed by atoms with Gasteiger partial charge in [-0.2, -0.15) is 0 Å². The van der Waals surface area contributed by atoms with Crippen LogP contribution in [-0.4, -0.2) is 26.1 Å². The van der Waals surface area contributed by atoms with E-state index in [4.69, 9.17) is 10.7 Å². The molecule has 4 N–H and O–H groups in total. The van der Waals surface area contributed by atoms with Gasteiger partial charge in [0.25, 0.3) is 0 Å². The maximum absolute atomic E-state index is 9.44. The van der Waals surface area contributed by atoms with Crippen LogP contribution in [0.3, 0.4) is 0 Å². The number of nitrogen functional groups attached to an aromatic ring is 1. The molecular formula is C21H25N5O. The summed E-state index contributed by atoms with van der Waals surface area (Å²) in [6, 6.07) is 8.53. The van der Waals surface area contributed by atoms with Gasteiger partial charge in [-0.25, -0.2) is 9.97 Å². The lowest BCUT2D eigenvalue weighted by molar-refractivity contribution is 0.181. The molecule has 0 amide bonds. The van der Waals surface area contributed by atoms with E-state index >= 15 is 0 Å². The van der Waals surface area contributed by atoms with E-state index in [1.165, 1.54) is 11.3 Å². The Bertz CT molecular complexity index is 949. The van der Waals surface area contributed by atoms with Gasteiger partial charge in [-0.3, -0.25) is 4.40 Å². The zero-order valence-electron chi connectivity index (χ0n) is 15.3. The minimum absolute atomic E-state index is 0.117. The zero-order chi connectivity index (χ0) is 18.4. The SMILES string of the molecule is Nc1nccn2c(C3CCC(CO)CC3)nc(C3Cc4ccccc4N3)c12. The summed E-state index contributed by atoms with van der Waals surface area (Å²) in [5.74, 6) is 2.46. The third-order valence-corrected chi connectivity index (χ3v) is 6.21. The van der Waals surface area contributed by atoms with Gasteiger partial charge in [0.05, 0.1) is 11.7 Å². The number of aliphatic hydroxyl groups excluding tert-OH is 1. The second-order valence-corrected chi connectivity index (χ2v) is 7.84. The normalized spacial score (nSPS) is 24.7. The largest absolute Gasteiger partial charge is 0.396 e. The molecule has 1 unspecified atom stereocenters. The number of hydrogen-bond acceptors (Lipinski definition) is 5. The highest BCUT2D eigenvalue weighted by Crippen LogP contribution is 2.40. The first-order chi connectivity index (χ1) is 13.2. The minimum atomic E-state index is 0.117. The van der Waals surface area contributed by atoms with Gasteiger partial charge in [0, 0.05) is 37.0 Å². The quantitative estimate of drug-likeness (QED) is 0.664. The molecule has 2 aliphatic rings. The van der Waals surface area contributed by atoms with Crippen molar-refractivity contribution in [1.29, 1.82) is 0 Å². The molecule has 1 aliphatic carbocycles. The van der Waals surface area contributed by atoms with Crippen molar-refractivity contribution in [3.8, 4) is 0 Å². The van der Waals surface area contributed by atoms with E-state index in [-0.39, 0.29) is 6.04 Å². The number of anilines is 2. The molecule has 1 fully saturated rings. The molecule has 5 rings (SSSR count). The van der Waals surface area contributed by atoms with Crippen LogP contribution in [0.25, 0.3) is 5.52 Å². The lowest BCUT2D eigenvalue weighted by Crippen LogP contribution is -2.17. The molecule has 1 aromatic carbocycles. The summed E-state index contributed by atoms with van der Waals surface area (Å²) < 4.78 is 2.15. The number of rotatable bonds is 3. The van der Waals surface area contributed by atoms with E-state index in [1.807, 2.05) is 6.20 Å². The molecule has 0 spiro atoms. The molecule has 1 saturated carbocycles.